The summed E-state index contributed by atoms with van der Waals surface area (Å²) in [4.78, 5) is 16.0. The molecule has 0 aromatic heterocycles. The van der Waals surface area contributed by atoms with Crippen molar-refractivity contribution in [3.63, 3.8) is 0 Å². The minimum Gasteiger partial charge on any atom is -0.357 e. The number of para-hydroxylation sites is 2. The summed E-state index contributed by atoms with van der Waals surface area (Å²) in [6, 6.07) is 26.4. The summed E-state index contributed by atoms with van der Waals surface area (Å²) in [6.45, 7) is 5.00. The molecule has 1 aliphatic heterocycles. The molecule has 0 saturated carbocycles. The van der Waals surface area contributed by atoms with Crippen LogP contribution < -0.4 is 10.2 Å². The molecule has 4 heteroatoms. The predicted molar refractivity (Wildman–Crippen MR) is 132 cm³/mol. The number of anilines is 2. The van der Waals surface area contributed by atoms with Crippen molar-refractivity contribution in [3.8, 4) is 0 Å². The van der Waals surface area contributed by atoms with Crippen LogP contribution in [0, 0.1) is 5.41 Å². The van der Waals surface area contributed by atoms with Crippen LogP contribution in [0.5, 0.6) is 0 Å². The molecular formula is C28H27ClN2O. The van der Waals surface area contributed by atoms with Crippen molar-refractivity contribution in [2.24, 2.45) is 5.41 Å². The number of carbonyl (C=O) groups is 1. The average Bonchev–Trinajstić information content (AvgIpc) is 2.89. The van der Waals surface area contributed by atoms with E-state index in [0.717, 1.165) is 34.6 Å². The monoisotopic (exact) mass is 442 g/mol. The highest BCUT2D eigenvalue weighted by molar-refractivity contribution is 6.31. The Hall–Kier alpha value is -3.04. The number of hydrogen-bond donors (Lipinski definition) is 1. The van der Waals surface area contributed by atoms with Gasteiger partial charge in [-0.15, -0.1) is 0 Å². The Morgan fingerprint density at radius 2 is 1.62 bits per heavy atom. The maximum Gasteiger partial charge on any atom is 0.163 e. The molecule has 32 heavy (non-hydrogen) atoms. The van der Waals surface area contributed by atoms with Crippen molar-refractivity contribution in [2.75, 3.05) is 10.2 Å². The lowest BCUT2D eigenvalue weighted by Gasteiger charge is -2.38. The zero-order valence-corrected chi connectivity index (χ0v) is 19.2. The normalized spacial score (nSPS) is 19.7. The number of nitrogens with one attached hydrogen (secondary N) is 1. The summed E-state index contributed by atoms with van der Waals surface area (Å²) >= 11 is 6.76. The summed E-state index contributed by atoms with van der Waals surface area (Å²) in [7, 11) is 0. The molecule has 1 heterocycles. The van der Waals surface area contributed by atoms with Gasteiger partial charge in [0.05, 0.1) is 17.4 Å². The van der Waals surface area contributed by atoms with Gasteiger partial charge >= 0.3 is 0 Å². The van der Waals surface area contributed by atoms with E-state index in [1.54, 1.807) is 0 Å². The first-order chi connectivity index (χ1) is 15.4. The highest BCUT2D eigenvalue weighted by Gasteiger charge is 2.41. The van der Waals surface area contributed by atoms with E-state index in [4.69, 9.17) is 11.6 Å². The third-order valence-corrected chi connectivity index (χ3v) is 6.74. The van der Waals surface area contributed by atoms with E-state index in [1.807, 2.05) is 30.3 Å². The van der Waals surface area contributed by atoms with E-state index in [2.05, 4.69) is 72.6 Å². The van der Waals surface area contributed by atoms with Gasteiger partial charge in [0.1, 0.15) is 0 Å². The molecule has 3 aromatic carbocycles. The zero-order valence-electron chi connectivity index (χ0n) is 18.4. The summed E-state index contributed by atoms with van der Waals surface area (Å²) < 4.78 is 0. The second kappa shape index (κ2) is 8.14. The molecule has 3 aromatic rings. The van der Waals surface area contributed by atoms with E-state index in [9.17, 15) is 4.79 Å². The Morgan fingerprint density at radius 3 is 2.41 bits per heavy atom. The number of fused-ring (bicyclic) bond motifs is 1. The van der Waals surface area contributed by atoms with Crippen molar-refractivity contribution in [1.29, 1.82) is 0 Å². The number of hydrogen-bond acceptors (Lipinski definition) is 3. The second-order valence-electron chi connectivity index (χ2n) is 9.51. The third-order valence-electron chi connectivity index (χ3n) is 6.40. The van der Waals surface area contributed by atoms with Gasteiger partial charge in [-0.1, -0.05) is 86.1 Å². The van der Waals surface area contributed by atoms with Gasteiger partial charge in [-0.25, -0.2) is 0 Å². The summed E-state index contributed by atoms with van der Waals surface area (Å²) in [5.74, 6) is 0.194. The quantitative estimate of drug-likeness (QED) is 0.467. The minimum atomic E-state index is -0.265. The number of allylic oxidation sites excluding steroid dienone is 1. The van der Waals surface area contributed by atoms with Crippen molar-refractivity contribution >= 4 is 28.8 Å². The van der Waals surface area contributed by atoms with Crippen LogP contribution in [0.1, 0.15) is 43.9 Å². The lowest BCUT2D eigenvalue weighted by Crippen LogP contribution is -2.36. The zero-order chi connectivity index (χ0) is 22.3. The molecule has 0 bridgehead atoms. The summed E-state index contributed by atoms with van der Waals surface area (Å²) in [5.41, 5.74) is 6.01. The van der Waals surface area contributed by atoms with Crippen LogP contribution in [0.25, 0.3) is 0 Å². The number of ketones is 1. The molecule has 5 rings (SSSR count). The SMILES string of the molecule is CC1(C)CC(=O)C2=C(C1)Nc1ccccc1N(Cc1ccccc1)[C@H]2c1ccccc1Cl. The summed E-state index contributed by atoms with van der Waals surface area (Å²) in [5, 5.41) is 4.34. The molecule has 0 radical (unpaired) electrons. The lowest BCUT2D eigenvalue weighted by molar-refractivity contribution is -0.118. The molecule has 1 atom stereocenters. The highest BCUT2D eigenvalue weighted by atomic mass is 35.5. The molecule has 1 aliphatic carbocycles. The van der Waals surface area contributed by atoms with Crippen LogP contribution in [0.2, 0.25) is 5.02 Å². The number of benzene rings is 3. The van der Waals surface area contributed by atoms with Crippen LogP contribution in [-0.2, 0) is 11.3 Å². The average molecular weight is 443 g/mol. The van der Waals surface area contributed by atoms with Crippen molar-refractivity contribution < 1.29 is 4.79 Å². The van der Waals surface area contributed by atoms with E-state index >= 15 is 0 Å². The van der Waals surface area contributed by atoms with Crippen LogP contribution in [-0.4, -0.2) is 5.78 Å². The predicted octanol–water partition coefficient (Wildman–Crippen LogP) is 7.16. The van der Waals surface area contributed by atoms with Gasteiger partial charge in [0.2, 0.25) is 0 Å². The molecule has 0 fully saturated rings. The van der Waals surface area contributed by atoms with Crippen molar-refractivity contribution in [1.82, 2.24) is 0 Å². The second-order valence-corrected chi connectivity index (χ2v) is 9.92. The van der Waals surface area contributed by atoms with Gasteiger partial charge in [0.25, 0.3) is 0 Å². The number of halogens is 1. The Bertz CT molecular complexity index is 1200. The maximum atomic E-state index is 13.7. The summed E-state index contributed by atoms with van der Waals surface area (Å²) in [6.07, 6.45) is 1.35. The molecule has 1 N–H and O–H groups in total. The number of Topliss-reactive ketones (excluding diaryl/α,β-unsaturated/α-hetero) is 1. The first-order valence-electron chi connectivity index (χ1n) is 11.1. The van der Waals surface area contributed by atoms with E-state index < -0.39 is 0 Å². The Morgan fingerprint density at radius 1 is 0.938 bits per heavy atom. The van der Waals surface area contributed by atoms with Gasteiger partial charge in [0, 0.05) is 29.3 Å². The third kappa shape index (κ3) is 3.82. The largest absolute Gasteiger partial charge is 0.357 e. The fourth-order valence-corrected chi connectivity index (χ4v) is 5.27. The fraction of sp³-hybridized carbons (Fsp3) is 0.250. The van der Waals surface area contributed by atoms with Gasteiger partial charge in [0.15, 0.2) is 5.78 Å². The molecule has 0 unspecified atom stereocenters. The smallest absolute Gasteiger partial charge is 0.163 e. The Balaban J connectivity index is 1.77. The molecule has 3 nitrogen and oxygen atoms in total. The Kier molecular flexibility index (Phi) is 5.30. The fourth-order valence-electron chi connectivity index (χ4n) is 5.03. The van der Waals surface area contributed by atoms with Gasteiger partial charge in [-0.05, 0) is 41.2 Å². The first-order valence-corrected chi connectivity index (χ1v) is 11.5. The molecule has 0 spiro atoms. The van der Waals surface area contributed by atoms with Gasteiger partial charge < -0.3 is 10.2 Å². The van der Waals surface area contributed by atoms with E-state index in [0.29, 0.717) is 18.0 Å². The standard InChI is InChI=1S/C28H27ClN2O/c1-28(2)16-23-26(25(32)17-28)27(20-12-6-7-13-21(20)29)31(18-19-10-4-3-5-11-19)24-15-9-8-14-22(24)30-23/h3-15,27,30H,16-18H2,1-2H3/t27-/m0/s1. The van der Waals surface area contributed by atoms with Gasteiger partial charge in [-0.3, -0.25) is 4.79 Å². The van der Waals surface area contributed by atoms with Crippen LogP contribution >= 0.6 is 11.6 Å². The van der Waals surface area contributed by atoms with E-state index in [-0.39, 0.29) is 17.2 Å². The van der Waals surface area contributed by atoms with Crippen LogP contribution in [0.15, 0.2) is 90.1 Å². The Labute approximate surface area is 194 Å². The number of rotatable bonds is 3. The molecule has 0 saturated heterocycles. The molecule has 162 valence electrons. The van der Waals surface area contributed by atoms with Crippen molar-refractivity contribution in [2.45, 2.75) is 39.3 Å². The van der Waals surface area contributed by atoms with Crippen LogP contribution in [0.3, 0.4) is 0 Å². The molecular weight excluding hydrogens is 416 g/mol. The minimum absolute atomic E-state index is 0.0858. The van der Waals surface area contributed by atoms with Crippen LogP contribution in [0.4, 0.5) is 11.4 Å². The lowest BCUT2D eigenvalue weighted by atomic mass is 9.73. The van der Waals surface area contributed by atoms with Crippen molar-refractivity contribution in [3.05, 3.63) is 106 Å². The van der Waals surface area contributed by atoms with E-state index in [1.165, 1.54) is 5.56 Å². The number of carbonyl (C=O) groups excluding carboxylic acids is 1. The number of nitrogens with zero attached hydrogens (tertiary/aromatic N) is 1. The molecule has 0 amide bonds. The molecule has 2 aliphatic rings. The topological polar surface area (TPSA) is 32.3 Å². The highest BCUT2D eigenvalue weighted by Crippen LogP contribution is 2.49. The maximum absolute atomic E-state index is 13.7. The first kappa shape index (κ1) is 20.8. The van der Waals surface area contributed by atoms with Gasteiger partial charge in [-0.2, -0.15) is 0 Å².